The summed E-state index contributed by atoms with van der Waals surface area (Å²) in [5.41, 5.74) is 0.434. The Bertz CT molecular complexity index is 1510. The third-order valence-corrected chi connectivity index (χ3v) is 6.33. The SMILES string of the molecule is Cc1ccc2c(N3CCC(NC(=O)c4ccc(F)c(C(F)(F)F)c4)C3)nc(-c3ccccc3O)nc2c1. The second-order valence-corrected chi connectivity index (χ2v) is 9.01. The molecule has 0 radical (unpaired) electrons. The van der Waals surface area contributed by atoms with E-state index in [0.717, 1.165) is 17.0 Å². The van der Waals surface area contributed by atoms with E-state index in [1.807, 2.05) is 30.0 Å². The van der Waals surface area contributed by atoms with Crippen molar-refractivity contribution in [3.8, 4) is 17.1 Å². The summed E-state index contributed by atoms with van der Waals surface area (Å²) in [7, 11) is 0. The smallest absolute Gasteiger partial charge is 0.419 e. The molecule has 1 unspecified atom stereocenters. The lowest BCUT2D eigenvalue weighted by molar-refractivity contribution is -0.140. The molecule has 190 valence electrons. The maximum absolute atomic E-state index is 13.6. The standard InChI is InChI=1S/C27H22F4N4O2/c1-15-6-8-18-22(12-15)33-24(19-4-2-3-5-23(19)36)34-25(18)35-11-10-17(14-35)32-26(37)16-7-9-21(28)20(13-16)27(29,30)31/h2-9,12-13,17,36H,10-11,14H2,1H3,(H,32,37). The number of anilines is 1. The van der Waals surface area contributed by atoms with Crippen LogP contribution in [-0.2, 0) is 6.18 Å². The Balaban J connectivity index is 1.42. The van der Waals surface area contributed by atoms with Crippen molar-refractivity contribution in [1.82, 2.24) is 15.3 Å². The lowest BCUT2D eigenvalue weighted by Gasteiger charge is -2.21. The molecule has 0 spiro atoms. The number of rotatable bonds is 4. The molecule has 1 aliphatic heterocycles. The van der Waals surface area contributed by atoms with Crippen molar-refractivity contribution in [1.29, 1.82) is 0 Å². The van der Waals surface area contributed by atoms with Gasteiger partial charge >= 0.3 is 6.18 Å². The van der Waals surface area contributed by atoms with Gasteiger partial charge in [0.2, 0.25) is 0 Å². The zero-order valence-electron chi connectivity index (χ0n) is 19.7. The minimum absolute atomic E-state index is 0.0459. The van der Waals surface area contributed by atoms with Crippen molar-refractivity contribution in [2.45, 2.75) is 25.6 Å². The van der Waals surface area contributed by atoms with Crippen LogP contribution in [0.4, 0.5) is 23.4 Å². The fourth-order valence-corrected chi connectivity index (χ4v) is 4.47. The van der Waals surface area contributed by atoms with Gasteiger partial charge in [0.25, 0.3) is 5.91 Å². The lowest BCUT2D eigenvalue weighted by atomic mass is 10.1. The second kappa shape index (κ2) is 9.34. The number of hydrogen-bond donors (Lipinski definition) is 2. The van der Waals surface area contributed by atoms with Crippen LogP contribution in [0.25, 0.3) is 22.3 Å². The largest absolute Gasteiger partial charge is 0.507 e. The van der Waals surface area contributed by atoms with E-state index in [9.17, 15) is 27.5 Å². The van der Waals surface area contributed by atoms with Gasteiger partial charge in [0, 0.05) is 30.1 Å². The maximum Gasteiger partial charge on any atom is 0.419 e. The molecule has 1 fully saturated rings. The van der Waals surface area contributed by atoms with Crippen LogP contribution in [-0.4, -0.2) is 40.1 Å². The normalized spacial score (nSPS) is 15.8. The summed E-state index contributed by atoms with van der Waals surface area (Å²) in [6.45, 7) is 2.84. The molecule has 4 aromatic rings. The van der Waals surface area contributed by atoms with E-state index in [1.165, 1.54) is 0 Å². The van der Waals surface area contributed by atoms with Crippen molar-refractivity contribution < 1.29 is 27.5 Å². The van der Waals surface area contributed by atoms with Crippen LogP contribution in [0.3, 0.4) is 0 Å². The lowest BCUT2D eigenvalue weighted by Crippen LogP contribution is -2.37. The van der Waals surface area contributed by atoms with Gasteiger partial charge < -0.3 is 15.3 Å². The number of carbonyl (C=O) groups excluding carboxylic acids is 1. The van der Waals surface area contributed by atoms with E-state index >= 15 is 0 Å². The third kappa shape index (κ3) is 4.91. The number of aryl methyl sites for hydroxylation is 1. The summed E-state index contributed by atoms with van der Waals surface area (Å²) >= 11 is 0. The van der Waals surface area contributed by atoms with Crippen LogP contribution < -0.4 is 10.2 Å². The molecule has 0 aliphatic carbocycles. The van der Waals surface area contributed by atoms with Gasteiger partial charge in [0.15, 0.2) is 5.82 Å². The minimum atomic E-state index is -4.90. The number of nitrogens with one attached hydrogen (secondary N) is 1. The predicted octanol–water partition coefficient (Wildman–Crippen LogP) is 5.48. The number of benzene rings is 3. The van der Waals surface area contributed by atoms with Gasteiger partial charge in [-0.15, -0.1) is 0 Å². The second-order valence-electron chi connectivity index (χ2n) is 9.01. The molecule has 1 atom stereocenters. The van der Waals surface area contributed by atoms with E-state index in [1.54, 1.807) is 24.3 Å². The molecule has 2 N–H and O–H groups in total. The number of aromatic nitrogens is 2. The fraction of sp³-hybridized carbons (Fsp3) is 0.222. The van der Waals surface area contributed by atoms with Crippen LogP contribution in [0.2, 0.25) is 0 Å². The summed E-state index contributed by atoms with van der Waals surface area (Å²) in [6, 6.07) is 14.4. The number of amides is 1. The monoisotopic (exact) mass is 510 g/mol. The van der Waals surface area contributed by atoms with Crippen molar-refractivity contribution in [3.05, 3.63) is 83.2 Å². The maximum atomic E-state index is 13.6. The average molecular weight is 510 g/mol. The Morgan fingerprint density at radius 1 is 1.08 bits per heavy atom. The number of phenols is 1. The molecule has 1 amide bonds. The summed E-state index contributed by atoms with van der Waals surface area (Å²) < 4.78 is 52.8. The number of carbonyl (C=O) groups is 1. The van der Waals surface area contributed by atoms with Crippen LogP contribution in [0.5, 0.6) is 5.75 Å². The topological polar surface area (TPSA) is 78.4 Å². The highest BCUT2D eigenvalue weighted by molar-refractivity contribution is 5.95. The van der Waals surface area contributed by atoms with Gasteiger partial charge in [-0.25, -0.2) is 14.4 Å². The Labute approximate surface area is 209 Å². The molecule has 1 saturated heterocycles. The highest BCUT2D eigenvalue weighted by Crippen LogP contribution is 2.34. The number of halogens is 4. The van der Waals surface area contributed by atoms with Crippen molar-refractivity contribution in [3.63, 3.8) is 0 Å². The molecular weight excluding hydrogens is 488 g/mol. The fourth-order valence-electron chi connectivity index (χ4n) is 4.47. The van der Waals surface area contributed by atoms with Crippen LogP contribution >= 0.6 is 0 Å². The predicted molar refractivity (Wildman–Crippen MR) is 131 cm³/mol. The first-order valence-corrected chi connectivity index (χ1v) is 11.6. The van der Waals surface area contributed by atoms with Crippen LogP contribution in [0.1, 0.15) is 27.9 Å². The van der Waals surface area contributed by atoms with E-state index < -0.39 is 23.5 Å². The van der Waals surface area contributed by atoms with E-state index in [-0.39, 0.29) is 17.4 Å². The van der Waals surface area contributed by atoms with Crippen molar-refractivity contribution in [2.75, 3.05) is 18.0 Å². The number of para-hydroxylation sites is 1. The Hall–Kier alpha value is -4.21. The average Bonchev–Trinajstić information content (AvgIpc) is 3.31. The highest BCUT2D eigenvalue weighted by Gasteiger charge is 2.35. The number of phenolic OH excluding ortho intramolecular Hbond substituents is 1. The number of hydrogen-bond acceptors (Lipinski definition) is 5. The highest BCUT2D eigenvalue weighted by atomic mass is 19.4. The van der Waals surface area contributed by atoms with Crippen molar-refractivity contribution >= 4 is 22.6 Å². The number of alkyl halides is 3. The quantitative estimate of drug-likeness (QED) is 0.356. The van der Waals surface area contributed by atoms with Crippen molar-refractivity contribution in [2.24, 2.45) is 0 Å². The van der Waals surface area contributed by atoms with Gasteiger partial charge in [-0.1, -0.05) is 18.2 Å². The molecule has 37 heavy (non-hydrogen) atoms. The molecule has 0 saturated carbocycles. The van der Waals surface area contributed by atoms with Gasteiger partial charge in [-0.05, 0) is 61.4 Å². The first-order chi connectivity index (χ1) is 17.6. The molecule has 1 aliphatic rings. The third-order valence-electron chi connectivity index (χ3n) is 6.33. The first-order valence-electron chi connectivity index (χ1n) is 11.6. The zero-order chi connectivity index (χ0) is 26.3. The summed E-state index contributed by atoms with van der Waals surface area (Å²) in [5, 5.41) is 13.9. The van der Waals surface area contributed by atoms with Gasteiger partial charge in [0.05, 0.1) is 16.6 Å². The first kappa shape index (κ1) is 24.5. The van der Waals surface area contributed by atoms with E-state index in [4.69, 9.17) is 4.98 Å². The van der Waals surface area contributed by atoms with Crippen LogP contribution in [0.15, 0.2) is 60.7 Å². The number of fused-ring (bicyclic) bond motifs is 1. The Morgan fingerprint density at radius 3 is 2.62 bits per heavy atom. The molecule has 3 aromatic carbocycles. The summed E-state index contributed by atoms with van der Waals surface area (Å²) in [5.74, 6) is -1.12. The Kier molecular flexibility index (Phi) is 6.18. The molecule has 10 heteroatoms. The van der Waals surface area contributed by atoms with E-state index in [2.05, 4.69) is 10.3 Å². The molecule has 1 aromatic heterocycles. The molecule has 2 heterocycles. The minimum Gasteiger partial charge on any atom is -0.507 e. The number of aromatic hydroxyl groups is 1. The molecule has 6 nitrogen and oxygen atoms in total. The van der Waals surface area contributed by atoms with Gasteiger partial charge in [-0.2, -0.15) is 13.2 Å². The molecule has 5 rings (SSSR count). The summed E-state index contributed by atoms with van der Waals surface area (Å²) in [4.78, 5) is 24.1. The number of nitrogens with zero attached hydrogens (tertiary/aromatic N) is 3. The van der Waals surface area contributed by atoms with E-state index in [0.29, 0.717) is 54.4 Å². The Morgan fingerprint density at radius 2 is 1.86 bits per heavy atom. The van der Waals surface area contributed by atoms with Gasteiger partial charge in [-0.3, -0.25) is 4.79 Å². The molecular formula is C27H22F4N4O2. The van der Waals surface area contributed by atoms with Crippen LogP contribution in [0, 0.1) is 12.7 Å². The summed E-state index contributed by atoms with van der Waals surface area (Å²) in [6.07, 6.45) is -4.37. The zero-order valence-corrected chi connectivity index (χ0v) is 19.7. The molecule has 0 bridgehead atoms. The van der Waals surface area contributed by atoms with Gasteiger partial charge in [0.1, 0.15) is 17.4 Å².